The molecule has 0 aliphatic heterocycles. The Morgan fingerprint density at radius 2 is 1.87 bits per heavy atom. The lowest BCUT2D eigenvalue weighted by molar-refractivity contribution is -0.385. The van der Waals surface area contributed by atoms with Crippen molar-refractivity contribution >= 4 is 23.6 Å². The summed E-state index contributed by atoms with van der Waals surface area (Å²) >= 11 is 0. The van der Waals surface area contributed by atoms with Crippen molar-refractivity contribution in [3.05, 3.63) is 52.1 Å². The van der Waals surface area contributed by atoms with E-state index in [-0.39, 0.29) is 17.2 Å². The van der Waals surface area contributed by atoms with Crippen molar-refractivity contribution in [1.82, 2.24) is 0 Å². The predicted octanol–water partition coefficient (Wildman–Crippen LogP) is 4.08. The number of carbonyl (C=O) groups is 1. The zero-order chi connectivity index (χ0) is 22.1. The van der Waals surface area contributed by atoms with Crippen LogP contribution in [-0.2, 0) is 9.53 Å². The molecule has 0 saturated carbocycles. The van der Waals surface area contributed by atoms with Gasteiger partial charge in [-0.25, -0.2) is 4.79 Å². The van der Waals surface area contributed by atoms with E-state index in [1.165, 1.54) is 32.6 Å². The number of carbonyl (C=O) groups excluding carboxylic acids is 1. The largest absolute Gasteiger partial charge is 0.497 e. The van der Waals surface area contributed by atoms with E-state index in [4.69, 9.17) is 18.9 Å². The molecule has 0 saturated heterocycles. The number of nitrogens with zero attached hydrogens (tertiary/aromatic N) is 2. The lowest BCUT2D eigenvalue weighted by Gasteiger charge is -2.19. The first kappa shape index (κ1) is 22.7. The van der Waals surface area contributed by atoms with Crippen molar-refractivity contribution in [2.75, 3.05) is 21.3 Å². The molecule has 9 nitrogen and oxygen atoms in total. The monoisotopic (exact) mass is 416 g/mol. The molecule has 0 fully saturated rings. The van der Waals surface area contributed by atoms with Crippen LogP contribution in [0.2, 0.25) is 0 Å². The molecule has 1 unspecified atom stereocenters. The van der Waals surface area contributed by atoms with Gasteiger partial charge in [0.25, 0.3) is 5.69 Å². The highest BCUT2D eigenvalue weighted by Crippen LogP contribution is 2.36. The Bertz CT molecular complexity index is 910. The second-order valence-electron chi connectivity index (χ2n) is 6.20. The molecule has 0 spiro atoms. The number of nitro benzene ring substituents is 1. The number of aliphatic imine (C=N–C) groups is 1. The standard InChI is InChI=1S/C21H24N2O7/c1-5-6-18(21(24)29-4)30-20-14(11-16(23(25)26)12-19(20)28-3)13-22-15-7-9-17(27-2)10-8-15/h7-13,18H,5-6H2,1-4H3. The smallest absolute Gasteiger partial charge is 0.347 e. The van der Waals surface area contributed by atoms with E-state index in [2.05, 4.69) is 4.99 Å². The summed E-state index contributed by atoms with van der Waals surface area (Å²) in [6.45, 7) is 1.90. The van der Waals surface area contributed by atoms with E-state index < -0.39 is 17.0 Å². The normalized spacial score (nSPS) is 11.7. The van der Waals surface area contributed by atoms with Gasteiger partial charge in [0, 0.05) is 17.8 Å². The molecule has 0 N–H and O–H groups in total. The van der Waals surface area contributed by atoms with Gasteiger partial charge in [0.2, 0.25) is 0 Å². The minimum absolute atomic E-state index is 0.116. The quantitative estimate of drug-likeness (QED) is 0.248. The number of methoxy groups -OCH3 is 3. The maximum absolute atomic E-state index is 12.1. The number of ether oxygens (including phenoxy) is 4. The highest BCUT2D eigenvalue weighted by Gasteiger charge is 2.25. The van der Waals surface area contributed by atoms with Crippen LogP contribution in [0.4, 0.5) is 11.4 Å². The lowest BCUT2D eigenvalue weighted by Crippen LogP contribution is -2.29. The number of hydrogen-bond donors (Lipinski definition) is 0. The number of nitro groups is 1. The summed E-state index contributed by atoms with van der Waals surface area (Å²) in [6, 6.07) is 9.50. The Hall–Kier alpha value is -3.62. The van der Waals surface area contributed by atoms with Crippen molar-refractivity contribution < 1.29 is 28.7 Å². The number of non-ortho nitro benzene ring substituents is 1. The fraction of sp³-hybridized carbons (Fsp3) is 0.333. The van der Waals surface area contributed by atoms with Crippen molar-refractivity contribution in [1.29, 1.82) is 0 Å². The van der Waals surface area contributed by atoms with Crippen molar-refractivity contribution in [3.8, 4) is 17.2 Å². The SMILES string of the molecule is CCCC(Oc1c(C=Nc2ccc(OC)cc2)cc([N+](=O)[O-])cc1OC)C(=O)OC. The molecule has 0 aliphatic carbocycles. The molecule has 2 rings (SSSR count). The summed E-state index contributed by atoms with van der Waals surface area (Å²) in [6.07, 6.45) is 1.61. The molecule has 2 aromatic carbocycles. The van der Waals surface area contributed by atoms with Crippen molar-refractivity contribution in [2.45, 2.75) is 25.9 Å². The molecular formula is C21H24N2O7. The molecule has 0 aliphatic rings. The predicted molar refractivity (Wildman–Crippen MR) is 111 cm³/mol. The van der Waals surface area contributed by atoms with Crippen LogP contribution in [0.25, 0.3) is 0 Å². The van der Waals surface area contributed by atoms with E-state index >= 15 is 0 Å². The van der Waals surface area contributed by atoms with Gasteiger partial charge in [-0.15, -0.1) is 0 Å². The second kappa shape index (κ2) is 10.8. The van der Waals surface area contributed by atoms with E-state index in [9.17, 15) is 14.9 Å². The molecule has 1 atom stereocenters. The maximum Gasteiger partial charge on any atom is 0.347 e. The van der Waals surface area contributed by atoms with Crippen LogP contribution in [0.5, 0.6) is 17.2 Å². The molecular weight excluding hydrogens is 392 g/mol. The van der Waals surface area contributed by atoms with Crippen LogP contribution in [-0.4, -0.2) is 44.5 Å². The Morgan fingerprint density at radius 1 is 1.17 bits per heavy atom. The molecule has 9 heteroatoms. The van der Waals surface area contributed by atoms with E-state index in [0.717, 1.165) is 0 Å². The molecule has 2 aromatic rings. The number of rotatable bonds is 10. The summed E-state index contributed by atoms with van der Waals surface area (Å²) in [5.41, 5.74) is 0.702. The minimum Gasteiger partial charge on any atom is -0.497 e. The highest BCUT2D eigenvalue weighted by atomic mass is 16.6. The van der Waals surface area contributed by atoms with E-state index in [1.54, 1.807) is 31.4 Å². The summed E-state index contributed by atoms with van der Waals surface area (Å²) < 4.78 is 21.1. The third kappa shape index (κ3) is 5.69. The van der Waals surface area contributed by atoms with Gasteiger partial charge >= 0.3 is 5.97 Å². The summed E-state index contributed by atoms with van der Waals surface area (Å²) in [5.74, 6) is 0.417. The van der Waals surface area contributed by atoms with Crippen LogP contribution in [0.3, 0.4) is 0 Å². The van der Waals surface area contributed by atoms with Crippen LogP contribution in [0.15, 0.2) is 41.4 Å². The fourth-order valence-electron chi connectivity index (χ4n) is 2.66. The van der Waals surface area contributed by atoms with Crippen LogP contribution in [0.1, 0.15) is 25.3 Å². The van der Waals surface area contributed by atoms with Gasteiger partial charge in [0.15, 0.2) is 17.6 Å². The Labute approximate surface area is 174 Å². The average Bonchev–Trinajstić information content (AvgIpc) is 2.77. The number of esters is 1. The molecule has 30 heavy (non-hydrogen) atoms. The van der Waals surface area contributed by atoms with Crippen molar-refractivity contribution in [2.24, 2.45) is 4.99 Å². The third-order valence-electron chi connectivity index (χ3n) is 4.20. The van der Waals surface area contributed by atoms with Crippen molar-refractivity contribution in [3.63, 3.8) is 0 Å². The maximum atomic E-state index is 12.1. The molecule has 0 radical (unpaired) electrons. The topological polar surface area (TPSA) is 109 Å². The summed E-state index contributed by atoms with van der Waals surface area (Å²) in [4.78, 5) is 27.2. The second-order valence-corrected chi connectivity index (χ2v) is 6.20. The van der Waals surface area contributed by atoms with Gasteiger partial charge in [-0.05, 0) is 30.7 Å². The Balaban J connectivity index is 2.50. The van der Waals surface area contributed by atoms with E-state index in [1.807, 2.05) is 6.92 Å². The Morgan fingerprint density at radius 3 is 2.40 bits per heavy atom. The zero-order valence-electron chi connectivity index (χ0n) is 17.3. The van der Waals surface area contributed by atoms with Gasteiger partial charge in [0.1, 0.15) is 5.75 Å². The molecule has 0 heterocycles. The average molecular weight is 416 g/mol. The van der Waals surface area contributed by atoms with E-state index in [0.29, 0.717) is 29.8 Å². The first-order valence-electron chi connectivity index (χ1n) is 9.22. The molecule has 0 amide bonds. The minimum atomic E-state index is -0.886. The lowest BCUT2D eigenvalue weighted by atomic mass is 10.1. The first-order valence-corrected chi connectivity index (χ1v) is 9.22. The third-order valence-corrected chi connectivity index (χ3v) is 4.20. The van der Waals surface area contributed by atoms with Gasteiger partial charge in [-0.1, -0.05) is 13.3 Å². The summed E-state index contributed by atoms with van der Waals surface area (Å²) in [7, 11) is 4.20. The molecule has 0 aromatic heterocycles. The van der Waals surface area contributed by atoms with Gasteiger partial charge in [0.05, 0.1) is 38.0 Å². The van der Waals surface area contributed by atoms with Crippen LogP contribution >= 0.6 is 0 Å². The van der Waals surface area contributed by atoms with Crippen LogP contribution in [0, 0.1) is 10.1 Å². The fourth-order valence-corrected chi connectivity index (χ4v) is 2.66. The zero-order valence-corrected chi connectivity index (χ0v) is 17.3. The molecule has 0 bridgehead atoms. The molecule has 160 valence electrons. The highest BCUT2D eigenvalue weighted by molar-refractivity contribution is 5.88. The van der Waals surface area contributed by atoms with Gasteiger partial charge in [-0.2, -0.15) is 0 Å². The number of benzene rings is 2. The Kier molecular flexibility index (Phi) is 8.16. The van der Waals surface area contributed by atoms with Gasteiger partial charge in [-0.3, -0.25) is 15.1 Å². The number of hydrogen-bond acceptors (Lipinski definition) is 8. The van der Waals surface area contributed by atoms with Crippen LogP contribution < -0.4 is 14.2 Å². The first-order chi connectivity index (χ1) is 14.4. The van der Waals surface area contributed by atoms with Gasteiger partial charge < -0.3 is 18.9 Å². The summed E-state index contributed by atoms with van der Waals surface area (Å²) in [5, 5.41) is 11.3.